The third kappa shape index (κ3) is 8.35. The van der Waals surface area contributed by atoms with Crippen LogP contribution in [0, 0.1) is 0 Å². The summed E-state index contributed by atoms with van der Waals surface area (Å²) in [4.78, 5) is 0. The summed E-state index contributed by atoms with van der Waals surface area (Å²) >= 11 is 0. The van der Waals surface area contributed by atoms with Crippen molar-refractivity contribution in [1.29, 1.82) is 0 Å². The molecule has 2 aromatic carbocycles. The molecule has 142 valence electrons. The lowest BCUT2D eigenvalue weighted by Gasteiger charge is -2.08. The average molecular weight is 374 g/mol. The van der Waals surface area contributed by atoms with Gasteiger partial charge < -0.3 is 4.74 Å². The van der Waals surface area contributed by atoms with Crippen LogP contribution in [0.2, 0.25) is 0 Å². The fourth-order valence-electron chi connectivity index (χ4n) is 2.34. The van der Waals surface area contributed by atoms with E-state index in [1.54, 1.807) is 6.21 Å². The number of halogens is 3. The van der Waals surface area contributed by atoms with E-state index in [4.69, 9.17) is 0 Å². The van der Waals surface area contributed by atoms with Crippen LogP contribution in [0.25, 0.3) is 0 Å². The van der Waals surface area contributed by atoms with E-state index in [-0.39, 0.29) is 5.75 Å². The number of hydrogen-bond donors (Lipinski definition) is 0. The largest absolute Gasteiger partial charge is 0.573 e. The molecule has 0 spiro atoms. The Kier molecular flexibility index (Phi) is 7.79. The van der Waals surface area contributed by atoms with Crippen LogP contribution in [-0.4, -0.2) is 18.8 Å². The second-order valence-corrected chi connectivity index (χ2v) is 5.88. The minimum Gasteiger partial charge on any atom is -0.406 e. The van der Waals surface area contributed by atoms with E-state index in [2.05, 4.69) is 33.7 Å². The Labute approximate surface area is 156 Å². The third-order valence-electron chi connectivity index (χ3n) is 3.70. The zero-order valence-corrected chi connectivity index (χ0v) is 14.8. The molecule has 2 rings (SSSR count). The van der Waals surface area contributed by atoms with Crippen LogP contribution in [0.1, 0.15) is 36.0 Å². The van der Waals surface area contributed by atoms with Crippen LogP contribution in [0.5, 0.6) is 5.75 Å². The molecule has 0 saturated carbocycles. The summed E-state index contributed by atoms with van der Waals surface area (Å²) in [5.41, 5.74) is 2.83. The molecule has 0 aliphatic rings. The fourth-order valence-corrected chi connectivity index (χ4v) is 2.34. The van der Waals surface area contributed by atoms with Gasteiger partial charge in [0, 0.05) is 0 Å². The molecule has 0 unspecified atom stereocenters. The van der Waals surface area contributed by atoms with Crippen LogP contribution in [0.15, 0.2) is 71.4 Å². The molecular weight excluding hydrogens is 353 g/mol. The molecule has 0 aliphatic heterocycles. The molecule has 0 radical (unpaired) electrons. The summed E-state index contributed by atoms with van der Waals surface area (Å²) in [6, 6.07) is 13.5. The molecule has 3 nitrogen and oxygen atoms in total. The molecule has 6 heteroatoms. The monoisotopic (exact) mass is 374 g/mol. The van der Waals surface area contributed by atoms with E-state index in [1.165, 1.54) is 36.0 Å². The van der Waals surface area contributed by atoms with Gasteiger partial charge >= 0.3 is 6.36 Å². The minimum absolute atomic E-state index is 0.271. The van der Waals surface area contributed by atoms with Crippen molar-refractivity contribution in [3.63, 3.8) is 0 Å². The van der Waals surface area contributed by atoms with E-state index in [9.17, 15) is 13.2 Å². The second-order valence-electron chi connectivity index (χ2n) is 5.88. The van der Waals surface area contributed by atoms with Gasteiger partial charge in [0.05, 0.1) is 12.4 Å². The number of unbranched alkanes of at least 4 members (excludes halogenated alkanes) is 2. The third-order valence-corrected chi connectivity index (χ3v) is 3.70. The lowest BCUT2D eigenvalue weighted by atomic mass is 10.1. The van der Waals surface area contributed by atoms with Gasteiger partial charge in [0.2, 0.25) is 0 Å². The number of hydrogen-bond acceptors (Lipinski definition) is 3. The summed E-state index contributed by atoms with van der Waals surface area (Å²) in [6.07, 6.45) is 4.69. The standard InChI is InChI=1S/C21H21F3N2O/c1-2-3-4-5-6-17-7-9-18(10-8-17)15-25-26-16-19-11-13-20(14-12-19)27-21(22,23)24/h2,7-16H,1,3-6H2. The first-order valence-corrected chi connectivity index (χ1v) is 8.58. The van der Waals surface area contributed by atoms with Crippen molar-refractivity contribution in [3.05, 3.63) is 77.9 Å². The zero-order valence-electron chi connectivity index (χ0n) is 14.8. The maximum Gasteiger partial charge on any atom is 0.573 e. The summed E-state index contributed by atoms with van der Waals surface area (Å²) < 4.78 is 40.1. The quantitative estimate of drug-likeness (QED) is 0.232. The highest BCUT2D eigenvalue weighted by molar-refractivity contribution is 5.82. The molecule has 27 heavy (non-hydrogen) atoms. The Bertz CT molecular complexity index is 764. The maximum absolute atomic E-state index is 12.1. The van der Waals surface area contributed by atoms with Gasteiger partial charge in [-0.3, -0.25) is 0 Å². The van der Waals surface area contributed by atoms with Crippen molar-refractivity contribution in [1.82, 2.24) is 0 Å². The van der Waals surface area contributed by atoms with Gasteiger partial charge in [0.15, 0.2) is 0 Å². The minimum atomic E-state index is -4.69. The predicted molar refractivity (Wildman–Crippen MR) is 103 cm³/mol. The first kappa shape index (κ1) is 20.4. The molecule has 0 bridgehead atoms. The molecule has 0 aromatic heterocycles. The predicted octanol–water partition coefficient (Wildman–Crippen LogP) is 5.94. The summed E-state index contributed by atoms with van der Waals surface area (Å²) in [6.45, 7) is 3.72. The van der Waals surface area contributed by atoms with Gasteiger partial charge in [-0.2, -0.15) is 10.2 Å². The lowest BCUT2D eigenvalue weighted by Crippen LogP contribution is -2.16. The van der Waals surface area contributed by atoms with Gasteiger partial charge in [-0.15, -0.1) is 19.8 Å². The highest BCUT2D eigenvalue weighted by Crippen LogP contribution is 2.22. The maximum atomic E-state index is 12.1. The first-order chi connectivity index (χ1) is 13.0. The van der Waals surface area contributed by atoms with Crippen LogP contribution in [0.3, 0.4) is 0 Å². The van der Waals surface area contributed by atoms with Gasteiger partial charge in [-0.05, 0) is 66.6 Å². The number of benzene rings is 2. The van der Waals surface area contributed by atoms with E-state index >= 15 is 0 Å². The van der Waals surface area contributed by atoms with Crippen molar-refractivity contribution in [2.45, 2.75) is 32.0 Å². The van der Waals surface area contributed by atoms with Crippen LogP contribution < -0.4 is 4.74 Å². The lowest BCUT2D eigenvalue weighted by molar-refractivity contribution is -0.274. The number of alkyl halides is 3. The normalized spacial score (nSPS) is 12.0. The highest BCUT2D eigenvalue weighted by atomic mass is 19.4. The molecular formula is C21H21F3N2O. The van der Waals surface area contributed by atoms with Crippen molar-refractivity contribution >= 4 is 12.4 Å². The molecule has 0 atom stereocenters. The number of rotatable bonds is 9. The number of nitrogens with zero attached hydrogens (tertiary/aromatic N) is 2. The molecule has 0 fully saturated rings. The topological polar surface area (TPSA) is 34.0 Å². The first-order valence-electron chi connectivity index (χ1n) is 8.58. The van der Waals surface area contributed by atoms with Crippen LogP contribution in [0.4, 0.5) is 13.2 Å². The Morgan fingerprint density at radius 1 is 0.852 bits per heavy atom. The summed E-state index contributed by atoms with van der Waals surface area (Å²) in [5, 5.41) is 7.86. The Balaban J connectivity index is 1.83. The van der Waals surface area contributed by atoms with E-state index < -0.39 is 6.36 Å². The number of ether oxygens (including phenoxy) is 1. The molecule has 0 saturated heterocycles. The van der Waals surface area contributed by atoms with Crippen molar-refractivity contribution in [3.8, 4) is 5.75 Å². The molecule has 2 aromatic rings. The average Bonchev–Trinajstić information content (AvgIpc) is 2.63. The van der Waals surface area contributed by atoms with Crippen LogP contribution in [-0.2, 0) is 6.42 Å². The van der Waals surface area contributed by atoms with Gasteiger partial charge in [0.25, 0.3) is 0 Å². The zero-order chi connectivity index (χ0) is 19.5. The van der Waals surface area contributed by atoms with Gasteiger partial charge in [-0.1, -0.05) is 30.3 Å². The van der Waals surface area contributed by atoms with Crippen molar-refractivity contribution < 1.29 is 17.9 Å². The SMILES string of the molecule is C=CCCCCc1ccc(C=NN=Cc2ccc(OC(F)(F)F)cc2)cc1. The highest BCUT2D eigenvalue weighted by Gasteiger charge is 2.30. The molecule has 0 amide bonds. The van der Waals surface area contributed by atoms with Crippen molar-refractivity contribution in [2.24, 2.45) is 10.2 Å². The second kappa shape index (κ2) is 10.3. The van der Waals surface area contributed by atoms with E-state index in [0.717, 1.165) is 31.2 Å². The summed E-state index contributed by atoms with van der Waals surface area (Å²) in [5.74, 6) is -0.271. The fraction of sp³-hybridized carbons (Fsp3) is 0.238. The van der Waals surface area contributed by atoms with E-state index in [0.29, 0.717) is 5.56 Å². The van der Waals surface area contributed by atoms with Gasteiger partial charge in [-0.25, -0.2) is 0 Å². The van der Waals surface area contributed by atoms with E-state index in [1.807, 2.05) is 18.2 Å². The smallest absolute Gasteiger partial charge is 0.406 e. The molecule has 0 aliphatic carbocycles. The van der Waals surface area contributed by atoms with Gasteiger partial charge in [0.1, 0.15) is 5.75 Å². The number of aryl methyl sites for hydroxylation is 1. The Morgan fingerprint density at radius 3 is 1.93 bits per heavy atom. The summed E-state index contributed by atoms with van der Waals surface area (Å²) in [7, 11) is 0. The van der Waals surface area contributed by atoms with Crippen molar-refractivity contribution in [2.75, 3.05) is 0 Å². The molecule has 0 heterocycles. The molecule has 0 N–H and O–H groups in total. The Hall–Kier alpha value is -2.89. The number of allylic oxidation sites excluding steroid dienone is 1. The van der Waals surface area contributed by atoms with Crippen LogP contribution >= 0.6 is 0 Å². The Morgan fingerprint density at radius 2 is 1.41 bits per heavy atom.